The normalized spacial score (nSPS) is 28.3. The molecule has 13 nitrogen and oxygen atoms in total. The molecule has 3 rings (SSSR count). The fourth-order valence-electron chi connectivity index (χ4n) is 5.47. The van der Waals surface area contributed by atoms with E-state index in [9.17, 15) is 32.7 Å². The van der Waals surface area contributed by atoms with Gasteiger partial charge in [-0.25, -0.2) is 13.2 Å². The molecule has 0 radical (unpaired) electrons. The lowest BCUT2D eigenvalue weighted by Gasteiger charge is -2.34. The van der Waals surface area contributed by atoms with Crippen LogP contribution in [0.4, 0.5) is 4.79 Å². The summed E-state index contributed by atoms with van der Waals surface area (Å²) in [6, 6.07) is -2.38. The Balaban J connectivity index is 1.82. The molecule has 14 heteroatoms. The number of hydrogen-bond donors (Lipinski definition) is 4. The van der Waals surface area contributed by atoms with Crippen LogP contribution < -0.4 is 15.4 Å². The van der Waals surface area contributed by atoms with E-state index in [0.717, 1.165) is 12.8 Å². The minimum atomic E-state index is -3.92. The van der Waals surface area contributed by atoms with Crippen molar-refractivity contribution in [3.8, 4) is 0 Å². The smallest absolute Gasteiger partial charge is 0.408 e. The van der Waals surface area contributed by atoms with Crippen LogP contribution in [0.3, 0.4) is 0 Å². The Bertz CT molecular complexity index is 1180. The number of nitrogens with zero attached hydrogens (tertiary/aromatic N) is 1. The van der Waals surface area contributed by atoms with Gasteiger partial charge in [-0.3, -0.25) is 19.1 Å². The Kier molecular flexibility index (Phi) is 10.5. The highest BCUT2D eigenvalue weighted by Crippen LogP contribution is 2.46. The minimum absolute atomic E-state index is 0.0942. The molecule has 43 heavy (non-hydrogen) atoms. The number of rotatable bonds is 13. The van der Waals surface area contributed by atoms with E-state index in [1.54, 1.807) is 34.6 Å². The first-order chi connectivity index (χ1) is 19.8. The van der Waals surface area contributed by atoms with Crippen LogP contribution in [0, 0.1) is 5.92 Å². The summed E-state index contributed by atoms with van der Waals surface area (Å²) in [4.78, 5) is 54.9. The van der Waals surface area contributed by atoms with Crippen molar-refractivity contribution in [2.24, 2.45) is 5.92 Å². The highest BCUT2D eigenvalue weighted by atomic mass is 32.2. The maximum absolute atomic E-state index is 14.1. The number of aliphatic hydroxyl groups is 1. The van der Waals surface area contributed by atoms with Crippen molar-refractivity contribution in [3.63, 3.8) is 0 Å². The zero-order valence-electron chi connectivity index (χ0n) is 26.7. The fraction of sp³-hybridized carbons (Fsp3) is 0.862. The minimum Gasteiger partial charge on any atom is -0.444 e. The first-order valence-corrected chi connectivity index (χ1v) is 16.8. The summed E-state index contributed by atoms with van der Waals surface area (Å²) >= 11 is 0. The number of carbonyl (C=O) groups is 4. The number of carbonyl (C=O) groups excluding carboxylic acids is 4. The number of likely N-dealkylation sites (tertiary alicyclic amines) is 1. The number of hydrogen-bond acceptors (Lipinski definition) is 9. The van der Waals surface area contributed by atoms with Gasteiger partial charge in [0.2, 0.25) is 21.8 Å². The molecule has 0 spiro atoms. The predicted octanol–water partition coefficient (Wildman–Crippen LogP) is 1.72. The van der Waals surface area contributed by atoms with Crippen LogP contribution in [0.15, 0.2) is 0 Å². The van der Waals surface area contributed by atoms with Crippen LogP contribution in [-0.4, -0.2) is 95.1 Å². The molecule has 2 saturated carbocycles. The Morgan fingerprint density at radius 1 is 1.14 bits per heavy atom. The Hall–Kier alpha value is -2.45. The molecule has 7 atom stereocenters. The molecule has 246 valence electrons. The van der Waals surface area contributed by atoms with Crippen LogP contribution in [0.5, 0.6) is 0 Å². The molecule has 3 fully saturated rings. The third kappa shape index (κ3) is 8.18. The number of β-amino-alcohol motifs (C(OH)–C–C–N with tert-alkyl or cyclic N) is 1. The van der Waals surface area contributed by atoms with Crippen molar-refractivity contribution in [1.82, 2.24) is 20.3 Å². The van der Waals surface area contributed by atoms with Crippen molar-refractivity contribution in [3.05, 3.63) is 0 Å². The van der Waals surface area contributed by atoms with Gasteiger partial charge in [-0.15, -0.1) is 0 Å². The molecule has 0 bridgehead atoms. The number of sulfonamides is 1. The first kappa shape index (κ1) is 35.0. The molecule has 3 aliphatic rings. The van der Waals surface area contributed by atoms with Crippen molar-refractivity contribution in [1.29, 1.82) is 0 Å². The molecular formula is C29H50N4O9S. The number of nitrogens with one attached hydrogen (secondary N) is 3. The van der Waals surface area contributed by atoms with Gasteiger partial charge in [0.15, 0.2) is 0 Å². The van der Waals surface area contributed by atoms with Gasteiger partial charge < -0.3 is 30.1 Å². The highest BCUT2D eigenvalue weighted by molar-refractivity contribution is 7.91. The summed E-state index contributed by atoms with van der Waals surface area (Å²) < 4.78 is 38.1. The van der Waals surface area contributed by atoms with Gasteiger partial charge in [-0.2, -0.15) is 0 Å². The molecule has 0 aromatic heterocycles. The number of alkyl carbamates (subject to hydrolysis) is 1. The fourth-order valence-corrected chi connectivity index (χ4v) is 6.78. The average Bonchev–Trinajstić information content (AvgIpc) is 3.74. The second kappa shape index (κ2) is 12.9. The molecule has 2 aliphatic carbocycles. The van der Waals surface area contributed by atoms with E-state index < -0.39 is 74.0 Å². The van der Waals surface area contributed by atoms with Crippen LogP contribution in [-0.2, 0) is 33.9 Å². The van der Waals surface area contributed by atoms with Crippen LogP contribution >= 0.6 is 0 Å². The van der Waals surface area contributed by atoms with Crippen molar-refractivity contribution in [2.45, 2.75) is 147 Å². The van der Waals surface area contributed by atoms with Crippen molar-refractivity contribution >= 4 is 33.8 Å². The van der Waals surface area contributed by atoms with Crippen molar-refractivity contribution < 1.29 is 42.2 Å². The zero-order chi connectivity index (χ0) is 32.5. The van der Waals surface area contributed by atoms with E-state index in [1.807, 2.05) is 20.8 Å². The Morgan fingerprint density at radius 3 is 2.23 bits per heavy atom. The maximum atomic E-state index is 14.1. The van der Waals surface area contributed by atoms with Gasteiger partial charge in [0, 0.05) is 13.0 Å². The second-order valence-electron chi connectivity index (χ2n) is 13.7. The third-order valence-electron chi connectivity index (χ3n) is 8.57. The van der Waals surface area contributed by atoms with Gasteiger partial charge in [0.25, 0.3) is 5.91 Å². The van der Waals surface area contributed by atoms with Crippen LogP contribution in [0.1, 0.15) is 100 Å². The number of amides is 4. The average molecular weight is 631 g/mol. The molecule has 0 aromatic rings. The maximum Gasteiger partial charge on any atom is 0.408 e. The lowest BCUT2D eigenvalue weighted by atomic mass is 10.0. The van der Waals surface area contributed by atoms with E-state index in [2.05, 4.69) is 15.4 Å². The monoisotopic (exact) mass is 630 g/mol. The molecule has 1 heterocycles. The summed E-state index contributed by atoms with van der Waals surface area (Å²) in [5, 5.41) is 15.9. The molecule has 1 aliphatic heterocycles. The summed E-state index contributed by atoms with van der Waals surface area (Å²) in [6.45, 7) is 13.9. The van der Waals surface area contributed by atoms with Gasteiger partial charge in [0.05, 0.1) is 23.1 Å². The largest absolute Gasteiger partial charge is 0.444 e. The molecule has 1 saturated heterocycles. The molecule has 4 N–H and O–H groups in total. The van der Waals surface area contributed by atoms with Gasteiger partial charge in [0.1, 0.15) is 23.2 Å². The molecular weight excluding hydrogens is 580 g/mol. The lowest BCUT2D eigenvalue weighted by molar-refractivity contribution is -0.145. The number of aliphatic hydroxyl groups excluding tert-OH is 1. The first-order valence-electron chi connectivity index (χ1n) is 15.3. The zero-order valence-corrected chi connectivity index (χ0v) is 27.5. The SMILES string of the molecule is CCC[C@@H](C)O[C@@H](CC)[C@H](NC(=O)OC(C)(C)C)C(=O)N1C[C@H](O)C[C@H]1C(=O)N[C@]1(C(=O)NS(=O)(=O)C2(C)CC2)C[C@H]1C. The summed E-state index contributed by atoms with van der Waals surface area (Å²) in [6.07, 6.45) is 0.145. The van der Waals surface area contributed by atoms with E-state index in [-0.39, 0.29) is 31.4 Å². The van der Waals surface area contributed by atoms with Gasteiger partial charge in [-0.05, 0) is 72.6 Å². The topological polar surface area (TPSA) is 180 Å². The standard InChI is InChI=1S/C29H50N4O9S/c1-9-11-18(4)41-21(10-2)22(30-26(38)42-27(5,6)7)24(36)33-16-19(34)14-20(33)23(35)31-29(15-17(29)3)25(37)32-43(39,40)28(8)12-13-28/h17-22,34H,9-16H2,1-8H3,(H,30,38)(H,31,35)(H,32,37)/t17-,18-,19-,20+,21+,22+,29-/m1/s1. The summed E-state index contributed by atoms with van der Waals surface area (Å²) in [5.74, 6) is -2.48. The quantitative estimate of drug-likeness (QED) is 0.236. The summed E-state index contributed by atoms with van der Waals surface area (Å²) in [7, 11) is -3.92. The molecule has 0 aromatic carbocycles. The highest BCUT2D eigenvalue weighted by Gasteiger charge is 2.62. The Labute approximate surface area is 255 Å². The van der Waals surface area contributed by atoms with E-state index in [0.29, 0.717) is 19.3 Å². The predicted molar refractivity (Wildman–Crippen MR) is 158 cm³/mol. The number of ether oxygens (including phenoxy) is 2. The Morgan fingerprint density at radius 2 is 1.74 bits per heavy atom. The molecule has 4 amide bonds. The van der Waals surface area contributed by atoms with E-state index in [1.165, 1.54) is 4.90 Å². The van der Waals surface area contributed by atoms with E-state index >= 15 is 0 Å². The molecule has 0 unspecified atom stereocenters. The summed E-state index contributed by atoms with van der Waals surface area (Å²) in [5.41, 5.74) is -2.28. The second-order valence-corrected chi connectivity index (χ2v) is 15.8. The van der Waals surface area contributed by atoms with Crippen LogP contribution in [0.2, 0.25) is 0 Å². The lowest BCUT2D eigenvalue weighted by Crippen LogP contribution is -2.60. The van der Waals surface area contributed by atoms with Crippen molar-refractivity contribution in [2.75, 3.05) is 6.54 Å². The third-order valence-corrected chi connectivity index (χ3v) is 10.7. The van der Waals surface area contributed by atoms with Gasteiger partial charge >= 0.3 is 6.09 Å². The van der Waals surface area contributed by atoms with E-state index in [4.69, 9.17) is 9.47 Å². The van der Waals surface area contributed by atoms with Crippen LogP contribution in [0.25, 0.3) is 0 Å². The van der Waals surface area contributed by atoms with Gasteiger partial charge in [-0.1, -0.05) is 27.2 Å².